The summed E-state index contributed by atoms with van der Waals surface area (Å²) in [6.45, 7) is 11.1. The van der Waals surface area contributed by atoms with Gasteiger partial charge in [-0.3, -0.25) is 0 Å². The van der Waals surface area contributed by atoms with Gasteiger partial charge in [-0.2, -0.15) is 0 Å². The molecule has 0 aliphatic heterocycles. The van der Waals surface area contributed by atoms with Crippen molar-refractivity contribution in [2.24, 2.45) is 17.6 Å². The number of nitrogens with two attached hydrogens (primary N) is 1. The van der Waals surface area contributed by atoms with E-state index in [2.05, 4.69) is 58.9 Å². The summed E-state index contributed by atoms with van der Waals surface area (Å²) in [5.41, 5.74) is 7.95. The maximum absolute atomic E-state index is 6.46. The van der Waals surface area contributed by atoms with Gasteiger partial charge in [-0.25, -0.2) is 0 Å². The van der Waals surface area contributed by atoms with Crippen molar-refractivity contribution in [1.29, 1.82) is 0 Å². The van der Waals surface area contributed by atoms with Crippen LogP contribution in [0, 0.1) is 11.8 Å². The van der Waals surface area contributed by atoms with E-state index in [1.54, 1.807) is 0 Å². The van der Waals surface area contributed by atoms with Gasteiger partial charge in [-0.05, 0) is 61.6 Å². The molecule has 1 fully saturated rings. The average molecular weight is 289 g/mol. The molecule has 1 saturated carbocycles. The molecule has 3 unspecified atom stereocenters. The summed E-state index contributed by atoms with van der Waals surface area (Å²) >= 11 is 0. The van der Waals surface area contributed by atoms with E-state index in [9.17, 15) is 0 Å². The Bertz CT molecular complexity index is 449. The van der Waals surface area contributed by atoms with Gasteiger partial charge in [0, 0.05) is 6.04 Å². The highest BCUT2D eigenvalue weighted by molar-refractivity contribution is 5.32. The monoisotopic (exact) mass is 289 g/mol. The van der Waals surface area contributed by atoms with Crippen molar-refractivity contribution in [3.05, 3.63) is 29.8 Å². The fourth-order valence-electron chi connectivity index (χ4n) is 3.77. The predicted molar refractivity (Wildman–Crippen MR) is 89.7 cm³/mol. The highest BCUT2D eigenvalue weighted by Gasteiger charge is 2.38. The maximum Gasteiger partial charge on any atom is 0.119 e. The van der Waals surface area contributed by atoms with Crippen LogP contribution in [0.2, 0.25) is 0 Å². The third kappa shape index (κ3) is 3.79. The van der Waals surface area contributed by atoms with Crippen molar-refractivity contribution in [2.45, 2.75) is 71.4 Å². The van der Waals surface area contributed by atoms with E-state index in [0.29, 0.717) is 12.0 Å². The summed E-state index contributed by atoms with van der Waals surface area (Å²) in [5, 5.41) is 0. The van der Waals surface area contributed by atoms with E-state index in [0.717, 1.165) is 18.1 Å². The largest absolute Gasteiger partial charge is 0.491 e. The van der Waals surface area contributed by atoms with E-state index in [4.69, 9.17) is 10.5 Å². The Morgan fingerprint density at radius 3 is 2.29 bits per heavy atom. The zero-order chi connectivity index (χ0) is 15.6. The van der Waals surface area contributed by atoms with E-state index in [1.807, 2.05) is 0 Å². The van der Waals surface area contributed by atoms with Crippen LogP contribution in [-0.4, -0.2) is 12.1 Å². The topological polar surface area (TPSA) is 35.2 Å². The van der Waals surface area contributed by atoms with Gasteiger partial charge in [0.2, 0.25) is 0 Å². The Labute approximate surface area is 130 Å². The van der Waals surface area contributed by atoms with Crippen molar-refractivity contribution in [2.75, 3.05) is 0 Å². The van der Waals surface area contributed by atoms with Crippen LogP contribution < -0.4 is 10.5 Å². The van der Waals surface area contributed by atoms with Crippen LogP contribution in [0.15, 0.2) is 24.3 Å². The number of hydrogen-bond donors (Lipinski definition) is 1. The van der Waals surface area contributed by atoms with Crippen LogP contribution >= 0.6 is 0 Å². The van der Waals surface area contributed by atoms with E-state index < -0.39 is 0 Å². The standard InChI is InChI=1S/C19H31NO/c1-13(2)21-16-9-7-15(8-10-16)19(4,5)17-11-6-14(3)12-18(17)20/h7-10,13-14,17-18H,6,11-12,20H2,1-5H3. The van der Waals surface area contributed by atoms with Crippen molar-refractivity contribution in [3.63, 3.8) is 0 Å². The first-order chi connectivity index (χ1) is 9.80. The number of hydrogen-bond acceptors (Lipinski definition) is 2. The molecular formula is C19H31NO. The maximum atomic E-state index is 6.46. The molecule has 2 rings (SSSR count). The first-order valence-electron chi connectivity index (χ1n) is 8.33. The van der Waals surface area contributed by atoms with Crippen molar-refractivity contribution < 1.29 is 4.74 Å². The molecule has 1 aromatic carbocycles. The molecule has 0 radical (unpaired) electrons. The fraction of sp³-hybridized carbons (Fsp3) is 0.684. The SMILES string of the molecule is CC1CCC(C(C)(C)c2ccc(OC(C)C)cc2)C(N)C1. The quantitative estimate of drug-likeness (QED) is 0.884. The molecule has 2 nitrogen and oxygen atoms in total. The van der Waals surface area contributed by atoms with E-state index in [1.165, 1.54) is 18.4 Å². The minimum absolute atomic E-state index is 0.121. The van der Waals surface area contributed by atoms with Crippen molar-refractivity contribution >= 4 is 0 Å². The van der Waals surface area contributed by atoms with Gasteiger partial charge in [-0.1, -0.05) is 39.3 Å². The summed E-state index contributed by atoms with van der Waals surface area (Å²) < 4.78 is 5.74. The Morgan fingerprint density at radius 1 is 1.14 bits per heavy atom. The van der Waals surface area contributed by atoms with Crippen LogP contribution in [0.3, 0.4) is 0 Å². The molecular weight excluding hydrogens is 258 g/mol. The van der Waals surface area contributed by atoms with E-state index >= 15 is 0 Å². The van der Waals surface area contributed by atoms with Crippen LogP contribution in [0.5, 0.6) is 5.75 Å². The number of benzene rings is 1. The third-order valence-electron chi connectivity index (χ3n) is 5.06. The van der Waals surface area contributed by atoms with Gasteiger partial charge < -0.3 is 10.5 Å². The number of ether oxygens (including phenoxy) is 1. The zero-order valence-electron chi connectivity index (χ0n) is 14.2. The highest BCUT2D eigenvalue weighted by atomic mass is 16.5. The molecule has 3 atom stereocenters. The first-order valence-corrected chi connectivity index (χ1v) is 8.33. The molecule has 2 heteroatoms. The highest BCUT2D eigenvalue weighted by Crippen LogP contribution is 2.41. The van der Waals surface area contributed by atoms with E-state index in [-0.39, 0.29) is 11.5 Å². The minimum atomic E-state index is 0.121. The summed E-state index contributed by atoms with van der Waals surface area (Å²) in [4.78, 5) is 0. The van der Waals surface area contributed by atoms with Crippen LogP contribution in [0.25, 0.3) is 0 Å². The first kappa shape index (κ1) is 16.4. The number of rotatable bonds is 4. The molecule has 0 bridgehead atoms. The summed E-state index contributed by atoms with van der Waals surface area (Å²) in [6, 6.07) is 8.92. The Kier molecular flexibility index (Phi) is 4.98. The molecule has 0 amide bonds. The fourth-order valence-corrected chi connectivity index (χ4v) is 3.77. The van der Waals surface area contributed by atoms with Gasteiger partial charge in [0.15, 0.2) is 0 Å². The van der Waals surface area contributed by atoms with Gasteiger partial charge in [0.1, 0.15) is 5.75 Å². The normalized spacial score (nSPS) is 26.9. The second-order valence-electron chi connectivity index (χ2n) is 7.60. The lowest BCUT2D eigenvalue weighted by molar-refractivity contribution is 0.171. The minimum Gasteiger partial charge on any atom is -0.491 e. The lowest BCUT2D eigenvalue weighted by atomic mass is 9.64. The van der Waals surface area contributed by atoms with Gasteiger partial charge in [-0.15, -0.1) is 0 Å². The Balaban J connectivity index is 2.15. The lowest BCUT2D eigenvalue weighted by Gasteiger charge is -2.43. The molecule has 0 heterocycles. The molecule has 1 aliphatic rings. The Hall–Kier alpha value is -1.02. The van der Waals surface area contributed by atoms with Gasteiger partial charge >= 0.3 is 0 Å². The van der Waals surface area contributed by atoms with Gasteiger partial charge in [0.25, 0.3) is 0 Å². The van der Waals surface area contributed by atoms with Gasteiger partial charge in [0.05, 0.1) is 6.10 Å². The van der Waals surface area contributed by atoms with Crippen LogP contribution in [-0.2, 0) is 5.41 Å². The molecule has 21 heavy (non-hydrogen) atoms. The van der Waals surface area contributed by atoms with Crippen molar-refractivity contribution in [1.82, 2.24) is 0 Å². The lowest BCUT2D eigenvalue weighted by Crippen LogP contribution is -2.45. The summed E-state index contributed by atoms with van der Waals surface area (Å²) in [6.07, 6.45) is 3.91. The molecule has 0 aromatic heterocycles. The second-order valence-corrected chi connectivity index (χ2v) is 7.60. The van der Waals surface area contributed by atoms with Crippen molar-refractivity contribution in [3.8, 4) is 5.75 Å². The Morgan fingerprint density at radius 2 is 1.76 bits per heavy atom. The molecule has 0 spiro atoms. The molecule has 1 aromatic rings. The molecule has 118 valence electrons. The molecule has 2 N–H and O–H groups in total. The van der Waals surface area contributed by atoms with Crippen LogP contribution in [0.1, 0.15) is 59.4 Å². The summed E-state index contributed by atoms with van der Waals surface area (Å²) in [7, 11) is 0. The third-order valence-corrected chi connectivity index (χ3v) is 5.06. The summed E-state index contributed by atoms with van der Waals surface area (Å²) in [5.74, 6) is 2.28. The molecule has 0 saturated heterocycles. The second kappa shape index (κ2) is 6.39. The average Bonchev–Trinajstić information content (AvgIpc) is 2.38. The molecule has 1 aliphatic carbocycles. The van der Waals surface area contributed by atoms with Crippen LogP contribution in [0.4, 0.5) is 0 Å². The zero-order valence-corrected chi connectivity index (χ0v) is 14.2. The smallest absolute Gasteiger partial charge is 0.119 e. The predicted octanol–water partition coefficient (Wildman–Crippen LogP) is 4.51.